The first kappa shape index (κ1) is 13.5. The van der Waals surface area contributed by atoms with Crippen molar-refractivity contribution in [2.24, 2.45) is 17.8 Å². The number of hydrogen-bond acceptors (Lipinski definition) is 1. The van der Waals surface area contributed by atoms with Crippen molar-refractivity contribution in [3.8, 4) is 0 Å². The second-order valence-electron chi connectivity index (χ2n) is 4.90. The van der Waals surface area contributed by atoms with Gasteiger partial charge in [0.05, 0.1) is 0 Å². The normalized spacial score (nSPS) is 31.8. The van der Waals surface area contributed by atoms with Crippen LogP contribution in [0.25, 0.3) is 0 Å². The summed E-state index contributed by atoms with van der Waals surface area (Å²) < 4.78 is 49.8. The van der Waals surface area contributed by atoms with E-state index in [0.717, 1.165) is 6.42 Å². The molecule has 0 N–H and O–H groups in total. The smallest absolute Gasteiger partial charge is 0.292 e. The maximum atomic E-state index is 12.9. The van der Waals surface area contributed by atoms with Gasteiger partial charge >= 0.3 is 12.3 Å². The second kappa shape index (κ2) is 4.72. The van der Waals surface area contributed by atoms with Gasteiger partial charge in [-0.05, 0) is 31.1 Å². The molecule has 0 heterocycles. The van der Waals surface area contributed by atoms with E-state index in [9.17, 15) is 22.4 Å². The van der Waals surface area contributed by atoms with E-state index in [2.05, 4.69) is 0 Å². The average Bonchev–Trinajstić information content (AvgIpc) is 2.14. The van der Waals surface area contributed by atoms with Gasteiger partial charge in [0, 0.05) is 5.92 Å². The summed E-state index contributed by atoms with van der Waals surface area (Å²) in [5, 5.41) is 0. The number of rotatable bonds is 3. The fraction of sp³-hybridized carbons (Fsp3) is 0.909. The molecule has 94 valence electrons. The van der Waals surface area contributed by atoms with Gasteiger partial charge in [-0.25, -0.2) is 8.78 Å². The molecule has 5 heteroatoms. The summed E-state index contributed by atoms with van der Waals surface area (Å²) >= 11 is 0. The van der Waals surface area contributed by atoms with E-state index in [1.165, 1.54) is 0 Å². The molecule has 1 nitrogen and oxygen atoms in total. The van der Waals surface area contributed by atoms with Gasteiger partial charge in [0.1, 0.15) is 0 Å². The van der Waals surface area contributed by atoms with Crippen LogP contribution in [-0.2, 0) is 4.79 Å². The molecule has 1 aliphatic rings. The first-order chi connectivity index (χ1) is 7.25. The molecular weight excluding hydrogens is 224 g/mol. The van der Waals surface area contributed by atoms with Crippen LogP contribution in [0.5, 0.6) is 0 Å². The molecule has 2 atom stereocenters. The van der Waals surface area contributed by atoms with E-state index < -0.39 is 24.0 Å². The SMILES string of the molecule is CC1CC(C)CC(C(=O)C(F)(F)C(F)F)C1. The van der Waals surface area contributed by atoms with Crippen LogP contribution < -0.4 is 0 Å². The minimum absolute atomic E-state index is 0.145. The topological polar surface area (TPSA) is 17.1 Å². The summed E-state index contributed by atoms with van der Waals surface area (Å²) in [7, 11) is 0. The molecule has 0 spiro atoms. The number of hydrogen-bond donors (Lipinski definition) is 0. The molecule has 1 aliphatic carbocycles. The van der Waals surface area contributed by atoms with Gasteiger partial charge < -0.3 is 0 Å². The quantitative estimate of drug-likeness (QED) is 0.690. The van der Waals surface area contributed by atoms with E-state index >= 15 is 0 Å². The van der Waals surface area contributed by atoms with Crippen molar-refractivity contribution in [2.45, 2.75) is 45.5 Å². The standard InChI is InChI=1S/C11H16F4O/c1-6-3-7(2)5-8(4-6)9(16)11(14,15)10(12)13/h6-8,10H,3-5H2,1-2H3. The van der Waals surface area contributed by atoms with Gasteiger partial charge in [-0.3, -0.25) is 4.79 Å². The summed E-state index contributed by atoms with van der Waals surface area (Å²) in [6, 6.07) is 0. The number of carbonyl (C=O) groups is 1. The number of alkyl halides is 4. The van der Waals surface area contributed by atoms with Crippen LogP contribution in [0.2, 0.25) is 0 Å². The molecule has 0 amide bonds. The molecular formula is C11H16F4O. The van der Waals surface area contributed by atoms with E-state index in [4.69, 9.17) is 0 Å². The number of ketones is 1. The van der Waals surface area contributed by atoms with Crippen LogP contribution in [0.1, 0.15) is 33.1 Å². The molecule has 16 heavy (non-hydrogen) atoms. The Balaban J connectivity index is 2.74. The van der Waals surface area contributed by atoms with Gasteiger partial charge in [-0.15, -0.1) is 0 Å². The molecule has 0 aromatic rings. The van der Waals surface area contributed by atoms with Gasteiger partial charge in [-0.2, -0.15) is 8.78 Å². The van der Waals surface area contributed by atoms with Crippen LogP contribution in [0, 0.1) is 17.8 Å². The van der Waals surface area contributed by atoms with Crippen LogP contribution in [0.15, 0.2) is 0 Å². The molecule has 0 saturated heterocycles. The Kier molecular flexibility index (Phi) is 3.97. The molecule has 2 unspecified atom stereocenters. The Bertz CT molecular complexity index is 255. The third kappa shape index (κ3) is 2.74. The lowest BCUT2D eigenvalue weighted by molar-refractivity contribution is -0.173. The molecule has 0 aromatic carbocycles. The highest BCUT2D eigenvalue weighted by Crippen LogP contribution is 2.38. The zero-order valence-electron chi connectivity index (χ0n) is 9.35. The Morgan fingerprint density at radius 3 is 1.94 bits per heavy atom. The Morgan fingerprint density at radius 2 is 1.56 bits per heavy atom. The predicted octanol–water partition coefficient (Wildman–Crippen LogP) is 3.53. The van der Waals surface area contributed by atoms with Crippen LogP contribution >= 0.6 is 0 Å². The van der Waals surface area contributed by atoms with Gasteiger partial charge in [0.15, 0.2) is 0 Å². The molecule has 0 aromatic heterocycles. The summed E-state index contributed by atoms with van der Waals surface area (Å²) in [6.07, 6.45) is -2.44. The fourth-order valence-electron chi connectivity index (χ4n) is 2.54. The van der Waals surface area contributed by atoms with Crippen molar-refractivity contribution in [2.75, 3.05) is 0 Å². The molecule has 1 saturated carbocycles. The monoisotopic (exact) mass is 240 g/mol. The van der Waals surface area contributed by atoms with Crippen molar-refractivity contribution < 1.29 is 22.4 Å². The lowest BCUT2D eigenvalue weighted by Gasteiger charge is -2.32. The maximum Gasteiger partial charge on any atom is 0.364 e. The van der Waals surface area contributed by atoms with Crippen LogP contribution in [-0.4, -0.2) is 18.1 Å². The van der Waals surface area contributed by atoms with E-state index in [1.807, 2.05) is 13.8 Å². The number of Topliss-reactive ketones (excluding diaryl/α,β-unsaturated/α-hetero) is 1. The summed E-state index contributed by atoms with van der Waals surface area (Å²) in [5.41, 5.74) is 0. The van der Waals surface area contributed by atoms with Gasteiger partial charge in [0.25, 0.3) is 0 Å². The molecule has 1 rings (SSSR count). The summed E-state index contributed by atoms with van der Waals surface area (Å²) in [5.74, 6) is -6.69. The Morgan fingerprint density at radius 1 is 1.12 bits per heavy atom. The number of carbonyl (C=O) groups excluding carboxylic acids is 1. The van der Waals surface area contributed by atoms with Crippen molar-refractivity contribution in [3.05, 3.63) is 0 Å². The third-order valence-electron chi connectivity index (χ3n) is 3.15. The first-order valence-corrected chi connectivity index (χ1v) is 5.45. The van der Waals surface area contributed by atoms with Gasteiger partial charge in [-0.1, -0.05) is 13.8 Å². The van der Waals surface area contributed by atoms with Crippen molar-refractivity contribution in [1.29, 1.82) is 0 Å². The summed E-state index contributed by atoms with van der Waals surface area (Å²) in [4.78, 5) is 11.3. The van der Waals surface area contributed by atoms with Crippen molar-refractivity contribution in [1.82, 2.24) is 0 Å². The highest BCUT2D eigenvalue weighted by molar-refractivity contribution is 5.88. The minimum Gasteiger partial charge on any atom is -0.292 e. The minimum atomic E-state index is -4.48. The Hall–Kier alpha value is -0.610. The van der Waals surface area contributed by atoms with E-state index in [1.54, 1.807) is 0 Å². The third-order valence-corrected chi connectivity index (χ3v) is 3.15. The average molecular weight is 240 g/mol. The van der Waals surface area contributed by atoms with Crippen molar-refractivity contribution in [3.63, 3.8) is 0 Å². The number of halogens is 4. The molecule has 0 radical (unpaired) electrons. The zero-order valence-corrected chi connectivity index (χ0v) is 9.35. The first-order valence-electron chi connectivity index (χ1n) is 5.45. The van der Waals surface area contributed by atoms with Crippen molar-refractivity contribution >= 4 is 5.78 Å². The lowest BCUT2D eigenvalue weighted by Crippen LogP contribution is -2.43. The molecule has 1 fully saturated rings. The molecule has 0 aliphatic heterocycles. The second-order valence-corrected chi connectivity index (χ2v) is 4.90. The van der Waals surface area contributed by atoms with Gasteiger partial charge in [0.2, 0.25) is 5.78 Å². The lowest BCUT2D eigenvalue weighted by atomic mass is 9.74. The highest BCUT2D eigenvalue weighted by atomic mass is 19.3. The Labute approximate surface area is 92.2 Å². The van der Waals surface area contributed by atoms with E-state index in [0.29, 0.717) is 12.8 Å². The maximum absolute atomic E-state index is 12.9. The predicted molar refractivity (Wildman–Crippen MR) is 51.6 cm³/mol. The summed E-state index contributed by atoms with van der Waals surface area (Å²) in [6.45, 7) is 3.72. The fourth-order valence-corrected chi connectivity index (χ4v) is 2.54. The zero-order chi connectivity index (χ0) is 12.5. The van der Waals surface area contributed by atoms with E-state index in [-0.39, 0.29) is 11.8 Å². The largest absolute Gasteiger partial charge is 0.364 e. The van der Waals surface area contributed by atoms with Crippen LogP contribution in [0.3, 0.4) is 0 Å². The van der Waals surface area contributed by atoms with Crippen LogP contribution in [0.4, 0.5) is 17.6 Å². The molecule has 0 bridgehead atoms. The highest BCUT2D eigenvalue weighted by Gasteiger charge is 2.51.